The molecule has 0 aromatic rings. The molecular formula is C9H20N2. The minimum atomic E-state index is 0.748. The summed E-state index contributed by atoms with van der Waals surface area (Å²) in [5.74, 6) is 0.814. The van der Waals surface area contributed by atoms with E-state index in [0.717, 1.165) is 12.0 Å². The molecule has 0 saturated carbocycles. The first-order valence-electron chi connectivity index (χ1n) is 4.67. The molecule has 0 amide bonds. The van der Waals surface area contributed by atoms with Crippen molar-refractivity contribution in [1.82, 2.24) is 10.2 Å². The Labute approximate surface area is 70.0 Å². The van der Waals surface area contributed by atoms with E-state index in [1.54, 1.807) is 0 Å². The van der Waals surface area contributed by atoms with Crippen LogP contribution in [0.25, 0.3) is 0 Å². The lowest BCUT2D eigenvalue weighted by atomic mass is 9.94. The predicted molar refractivity (Wildman–Crippen MR) is 48.7 cm³/mol. The number of nitrogens with one attached hydrogen (secondary N) is 1. The second-order valence-electron chi connectivity index (χ2n) is 3.55. The van der Waals surface area contributed by atoms with Gasteiger partial charge in [0.15, 0.2) is 0 Å². The Morgan fingerprint density at radius 2 is 2.27 bits per heavy atom. The van der Waals surface area contributed by atoms with Gasteiger partial charge >= 0.3 is 0 Å². The van der Waals surface area contributed by atoms with Crippen LogP contribution in [-0.2, 0) is 0 Å². The Morgan fingerprint density at radius 1 is 1.55 bits per heavy atom. The maximum atomic E-state index is 3.37. The summed E-state index contributed by atoms with van der Waals surface area (Å²) in [6, 6.07) is 0.748. The standard InChI is InChI=1S/C9H20N2/c1-4-11-6-5-9(10-3)8(2)7-11/h8-10H,4-7H2,1-3H3/t8-,9+/m1/s1. The number of likely N-dealkylation sites (tertiary alicyclic amines) is 1. The average molecular weight is 156 g/mol. The number of hydrogen-bond donors (Lipinski definition) is 1. The van der Waals surface area contributed by atoms with Gasteiger partial charge < -0.3 is 10.2 Å². The highest BCUT2D eigenvalue weighted by atomic mass is 15.1. The van der Waals surface area contributed by atoms with Crippen LogP contribution in [0.3, 0.4) is 0 Å². The zero-order valence-electron chi connectivity index (χ0n) is 7.93. The SMILES string of the molecule is CCN1CC[C@H](NC)[C@H](C)C1. The number of hydrogen-bond acceptors (Lipinski definition) is 2. The fourth-order valence-electron chi connectivity index (χ4n) is 1.95. The molecule has 1 N–H and O–H groups in total. The zero-order valence-corrected chi connectivity index (χ0v) is 7.93. The van der Waals surface area contributed by atoms with E-state index in [1.165, 1.54) is 26.1 Å². The molecule has 0 aliphatic carbocycles. The third kappa shape index (κ3) is 2.17. The molecule has 0 bridgehead atoms. The molecular weight excluding hydrogens is 136 g/mol. The first kappa shape index (κ1) is 9.01. The maximum absolute atomic E-state index is 3.37. The Morgan fingerprint density at radius 3 is 2.73 bits per heavy atom. The van der Waals surface area contributed by atoms with Crippen molar-refractivity contribution in [2.75, 3.05) is 26.7 Å². The van der Waals surface area contributed by atoms with Crippen molar-refractivity contribution in [1.29, 1.82) is 0 Å². The highest BCUT2D eigenvalue weighted by Crippen LogP contribution is 2.15. The molecule has 1 heterocycles. The molecule has 1 rings (SSSR count). The summed E-state index contributed by atoms with van der Waals surface area (Å²) >= 11 is 0. The van der Waals surface area contributed by atoms with Crippen molar-refractivity contribution in [3.63, 3.8) is 0 Å². The van der Waals surface area contributed by atoms with Gasteiger partial charge in [0.2, 0.25) is 0 Å². The maximum Gasteiger partial charge on any atom is 0.0114 e. The van der Waals surface area contributed by atoms with Crippen LogP contribution in [0.2, 0.25) is 0 Å². The number of rotatable bonds is 2. The predicted octanol–water partition coefficient (Wildman–Crippen LogP) is 0.936. The summed E-state index contributed by atoms with van der Waals surface area (Å²) < 4.78 is 0. The van der Waals surface area contributed by atoms with E-state index < -0.39 is 0 Å². The van der Waals surface area contributed by atoms with Crippen LogP contribution < -0.4 is 5.32 Å². The normalized spacial score (nSPS) is 34.1. The summed E-state index contributed by atoms with van der Waals surface area (Å²) in [4.78, 5) is 2.53. The summed E-state index contributed by atoms with van der Waals surface area (Å²) in [6.45, 7) is 8.32. The van der Waals surface area contributed by atoms with Gasteiger partial charge in [0.05, 0.1) is 0 Å². The molecule has 0 aromatic carbocycles. The van der Waals surface area contributed by atoms with Gasteiger partial charge in [0.25, 0.3) is 0 Å². The van der Waals surface area contributed by atoms with Crippen molar-refractivity contribution in [3.8, 4) is 0 Å². The van der Waals surface area contributed by atoms with Gasteiger partial charge in [-0.15, -0.1) is 0 Å². The smallest absolute Gasteiger partial charge is 0.0114 e. The van der Waals surface area contributed by atoms with E-state index in [1.807, 2.05) is 0 Å². The summed E-state index contributed by atoms with van der Waals surface area (Å²) in [5, 5.41) is 3.37. The van der Waals surface area contributed by atoms with Crippen molar-refractivity contribution < 1.29 is 0 Å². The lowest BCUT2D eigenvalue weighted by molar-refractivity contribution is 0.158. The van der Waals surface area contributed by atoms with E-state index in [0.29, 0.717) is 0 Å². The van der Waals surface area contributed by atoms with E-state index in [9.17, 15) is 0 Å². The Hall–Kier alpha value is -0.0800. The molecule has 1 fully saturated rings. The highest BCUT2D eigenvalue weighted by molar-refractivity contribution is 4.80. The Bertz CT molecular complexity index is 114. The first-order valence-corrected chi connectivity index (χ1v) is 4.67. The fraction of sp³-hybridized carbons (Fsp3) is 1.00. The van der Waals surface area contributed by atoms with E-state index in [-0.39, 0.29) is 0 Å². The molecule has 11 heavy (non-hydrogen) atoms. The average Bonchev–Trinajstić information content (AvgIpc) is 2.04. The summed E-state index contributed by atoms with van der Waals surface area (Å²) in [6.07, 6.45) is 1.31. The van der Waals surface area contributed by atoms with E-state index in [4.69, 9.17) is 0 Å². The van der Waals surface area contributed by atoms with Crippen LogP contribution in [0.4, 0.5) is 0 Å². The molecule has 0 unspecified atom stereocenters. The van der Waals surface area contributed by atoms with Crippen molar-refractivity contribution >= 4 is 0 Å². The first-order chi connectivity index (χ1) is 5.27. The lowest BCUT2D eigenvalue weighted by Crippen LogP contribution is -2.46. The van der Waals surface area contributed by atoms with Crippen LogP contribution in [-0.4, -0.2) is 37.6 Å². The molecule has 2 nitrogen and oxygen atoms in total. The monoisotopic (exact) mass is 156 g/mol. The molecule has 0 aromatic heterocycles. The fourth-order valence-corrected chi connectivity index (χ4v) is 1.95. The van der Waals surface area contributed by atoms with Gasteiger partial charge in [0, 0.05) is 12.6 Å². The molecule has 1 saturated heterocycles. The Balaban J connectivity index is 2.34. The quantitative estimate of drug-likeness (QED) is 0.640. The zero-order chi connectivity index (χ0) is 8.27. The van der Waals surface area contributed by atoms with Crippen LogP contribution >= 0.6 is 0 Å². The number of piperidine rings is 1. The van der Waals surface area contributed by atoms with Gasteiger partial charge in [-0.3, -0.25) is 0 Å². The van der Waals surface area contributed by atoms with Crippen molar-refractivity contribution in [2.24, 2.45) is 5.92 Å². The van der Waals surface area contributed by atoms with E-state index >= 15 is 0 Å². The van der Waals surface area contributed by atoms with Gasteiger partial charge in [-0.2, -0.15) is 0 Å². The largest absolute Gasteiger partial charge is 0.317 e. The third-order valence-corrected chi connectivity index (χ3v) is 2.81. The molecule has 0 spiro atoms. The minimum absolute atomic E-state index is 0.748. The van der Waals surface area contributed by atoms with Gasteiger partial charge in [-0.25, -0.2) is 0 Å². The van der Waals surface area contributed by atoms with Gasteiger partial charge in [-0.1, -0.05) is 13.8 Å². The highest BCUT2D eigenvalue weighted by Gasteiger charge is 2.23. The van der Waals surface area contributed by atoms with Crippen LogP contribution in [0.5, 0.6) is 0 Å². The Kier molecular flexibility index (Phi) is 3.34. The van der Waals surface area contributed by atoms with Crippen LogP contribution in [0.15, 0.2) is 0 Å². The minimum Gasteiger partial charge on any atom is -0.317 e. The molecule has 2 atom stereocenters. The molecule has 1 aliphatic heterocycles. The number of nitrogens with zero attached hydrogens (tertiary/aromatic N) is 1. The summed E-state index contributed by atoms with van der Waals surface area (Å²) in [5.41, 5.74) is 0. The van der Waals surface area contributed by atoms with Gasteiger partial charge in [-0.05, 0) is 32.5 Å². The van der Waals surface area contributed by atoms with E-state index in [2.05, 4.69) is 31.1 Å². The molecule has 1 aliphatic rings. The second-order valence-corrected chi connectivity index (χ2v) is 3.55. The van der Waals surface area contributed by atoms with Crippen molar-refractivity contribution in [2.45, 2.75) is 26.3 Å². The second kappa shape index (κ2) is 4.07. The van der Waals surface area contributed by atoms with Crippen molar-refractivity contribution in [3.05, 3.63) is 0 Å². The molecule has 2 heteroatoms. The van der Waals surface area contributed by atoms with Crippen LogP contribution in [0, 0.1) is 5.92 Å². The topological polar surface area (TPSA) is 15.3 Å². The molecule has 0 radical (unpaired) electrons. The van der Waals surface area contributed by atoms with Crippen LogP contribution in [0.1, 0.15) is 20.3 Å². The summed E-state index contributed by atoms with van der Waals surface area (Å²) in [7, 11) is 2.07. The van der Waals surface area contributed by atoms with Gasteiger partial charge in [0.1, 0.15) is 0 Å². The molecule has 66 valence electrons. The lowest BCUT2D eigenvalue weighted by Gasteiger charge is -2.36. The third-order valence-electron chi connectivity index (χ3n) is 2.81.